The van der Waals surface area contributed by atoms with Gasteiger partial charge in [-0.15, -0.1) is 0 Å². The summed E-state index contributed by atoms with van der Waals surface area (Å²) in [6.45, 7) is 0.621. The highest BCUT2D eigenvalue weighted by Gasteiger charge is 2.26. The summed E-state index contributed by atoms with van der Waals surface area (Å²) in [4.78, 5) is 28.0. The Morgan fingerprint density at radius 1 is 1.48 bits per heavy atom. The molecule has 1 aromatic heterocycles. The lowest BCUT2D eigenvalue weighted by atomic mass is 9.89. The molecule has 1 amide bonds. The molecule has 21 heavy (non-hydrogen) atoms. The molecule has 1 aliphatic carbocycles. The van der Waals surface area contributed by atoms with Gasteiger partial charge in [-0.3, -0.25) is 14.9 Å². The topological polar surface area (TPSA) is 76.3 Å². The molecule has 0 aliphatic heterocycles. The second kappa shape index (κ2) is 6.85. The van der Waals surface area contributed by atoms with Crippen molar-refractivity contribution in [1.82, 2.24) is 9.88 Å². The number of rotatable bonds is 4. The van der Waals surface area contributed by atoms with E-state index in [2.05, 4.69) is 4.98 Å². The van der Waals surface area contributed by atoms with Gasteiger partial charge in [0.2, 0.25) is 0 Å². The summed E-state index contributed by atoms with van der Waals surface area (Å²) in [6.07, 6.45) is 6.87. The Kier molecular flexibility index (Phi) is 5.12. The maximum Gasteiger partial charge on any atom is 0.300 e. The minimum atomic E-state index is -0.606. The van der Waals surface area contributed by atoms with Crippen LogP contribution in [0, 0.1) is 16.0 Å². The zero-order valence-corrected chi connectivity index (χ0v) is 12.7. The summed E-state index contributed by atoms with van der Waals surface area (Å²) in [5.41, 5.74) is -0.307. The van der Waals surface area contributed by atoms with Crippen molar-refractivity contribution in [2.24, 2.45) is 5.92 Å². The molecule has 1 heterocycles. The number of amides is 1. The Labute approximate surface area is 128 Å². The highest BCUT2D eigenvalue weighted by atomic mass is 35.5. The van der Waals surface area contributed by atoms with E-state index in [1.807, 2.05) is 0 Å². The minimum absolute atomic E-state index is 0.00157. The molecule has 2 rings (SSSR count). The molecule has 1 aliphatic rings. The van der Waals surface area contributed by atoms with Gasteiger partial charge in [0.15, 0.2) is 0 Å². The number of pyridine rings is 1. The first-order chi connectivity index (χ1) is 9.99. The van der Waals surface area contributed by atoms with Crippen LogP contribution in [-0.4, -0.2) is 34.3 Å². The minimum Gasteiger partial charge on any atom is -0.341 e. The van der Waals surface area contributed by atoms with Crippen molar-refractivity contribution in [2.75, 3.05) is 13.6 Å². The average molecular weight is 312 g/mol. The molecule has 0 spiro atoms. The number of halogens is 1. The molecule has 0 bridgehead atoms. The number of nitro groups is 1. The standard InChI is InChI=1S/C14H18ClN3O3/c1-17(9-10-5-3-2-4-6-10)14(19)11-7-13(15)16-8-12(11)18(20)21/h7-8,10H,2-6,9H2,1H3. The number of nitrogens with zero attached hydrogens (tertiary/aromatic N) is 3. The molecular formula is C14H18ClN3O3. The predicted molar refractivity (Wildman–Crippen MR) is 79.4 cm³/mol. The molecule has 1 saturated carbocycles. The number of carbonyl (C=O) groups is 1. The van der Waals surface area contributed by atoms with Crippen LogP contribution in [0.15, 0.2) is 12.3 Å². The Morgan fingerprint density at radius 3 is 2.76 bits per heavy atom. The van der Waals surface area contributed by atoms with Gasteiger partial charge in [-0.2, -0.15) is 0 Å². The summed E-state index contributed by atoms with van der Waals surface area (Å²) in [5.74, 6) is 0.0978. The van der Waals surface area contributed by atoms with Crippen LogP contribution in [0.4, 0.5) is 5.69 Å². The fraction of sp³-hybridized carbons (Fsp3) is 0.571. The molecule has 0 N–H and O–H groups in total. The van der Waals surface area contributed by atoms with Crippen LogP contribution in [0.3, 0.4) is 0 Å². The van der Waals surface area contributed by atoms with Crippen molar-refractivity contribution in [2.45, 2.75) is 32.1 Å². The fourth-order valence-corrected chi connectivity index (χ4v) is 2.94. The Hall–Kier alpha value is -1.69. The molecule has 1 fully saturated rings. The van der Waals surface area contributed by atoms with Crippen LogP contribution in [0.25, 0.3) is 0 Å². The fourth-order valence-electron chi connectivity index (χ4n) is 2.78. The predicted octanol–water partition coefficient (Wildman–Crippen LogP) is 3.30. The first-order valence-electron chi connectivity index (χ1n) is 7.04. The Morgan fingerprint density at radius 2 is 2.14 bits per heavy atom. The molecule has 0 atom stereocenters. The summed E-state index contributed by atoms with van der Waals surface area (Å²) in [5, 5.41) is 11.1. The number of carbonyl (C=O) groups excluding carboxylic acids is 1. The molecule has 0 saturated heterocycles. The van der Waals surface area contributed by atoms with E-state index in [0.717, 1.165) is 19.0 Å². The zero-order valence-electron chi connectivity index (χ0n) is 11.9. The maximum absolute atomic E-state index is 12.4. The van der Waals surface area contributed by atoms with Crippen LogP contribution in [0.1, 0.15) is 42.5 Å². The van der Waals surface area contributed by atoms with Gasteiger partial charge < -0.3 is 4.90 Å². The normalized spacial score (nSPS) is 15.7. The van der Waals surface area contributed by atoms with Gasteiger partial charge in [-0.25, -0.2) is 4.98 Å². The lowest BCUT2D eigenvalue weighted by molar-refractivity contribution is -0.385. The molecule has 0 unspecified atom stereocenters. The van der Waals surface area contributed by atoms with E-state index in [4.69, 9.17) is 11.6 Å². The lowest BCUT2D eigenvalue weighted by Gasteiger charge is -2.27. The van der Waals surface area contributed by atoms with Gasteiger partial charge in [0.05, 0.1) is 4.92 Å². The largest absolute Gasteiger partial charge is 0.341 e. The molecule has 0 aromatic carbocycles. The van der Waals surface area contributed by atoms with Gasteiger partial charge in [0, 0.05) is 13.6 Å². The van der Waals surface area contributed by atoms with Crippen LogP contribution >= 0.6 is 11.6 Å². The second-order valence-electron chi connectivity index (χ2n) is 5.47. The molecular weight excluding hydrogens is 294 g/mol. The van der Waals surface area contributed by atoms with E-state index < -0.39 is 4.92 Å². The monoisotopic (exact) mass is 311 g/mol. The first-order valence-corrected chi connectivity index (χ1v) is 7.42. The summed E-state index contributed by atoms with van der Waals surface area (Å²) in [7, 11) is 1.68. The van der Waals surface area contributed by atoms with Crippen molar-refractivity contribution < 1.29 is 9.72 Å². The van der Waals surface area contributed by atoms with Crippen LogP contribution in [-0.2, 0) is 0 Å². The summed E-state index contributed by atoms with van der Waals surface area (Å²) in [6, 6.07) is 1.26. The van der Waals surface area contributed by atoms with Crippen LogP contribution < -0.4 is 0 Å². The van der Waals surface area contributed by atoms with E-state index in [-0.39, 0.29) is 22.3 Å². The van der Waals surface area contributed by atoms with Gasteiger partial charge >= 0.3 is 0 Å². The number of aromatic nitrogens is 1. The van der Waals surface area contributed by atoms with Crippen LogP contribution in [0.2, 0.25) is 5.15 Å². The van der Waals surface area contributed by atoms with Gasteiger partial charge in [0.1, 0.15) is 16.9 Å². The van der Waals surface area contributed by atoms with E-state index in [9.17, 15) is 14.9 Å². The lowest BCUT2D eigenvalue weighted by Crippen LogP contribution is -2.33. The van der Waals surface area contributed by atoms with E-state index in [1.165, 1.54) is 25.3 Å². The number of hydrogen-bond acceptors (Lipinski definition) is 4. The maximum atomic E-state index is 12.4. The highest BCUT2D eigenvalue weighted by Crippen LogP contribution is 2.26. The highest BCUT2D eigenvalue weighted by molar-refractivity contribution is 6.29. The van der Waals surface area contributed by atoms with E-state index in [0.29, 0.717) is 12.5 Å². The average Bonchev–Trinajstić information content (AvgIpc) is 2.47. The quantitative estimate of drug-likeness (QED) is 0.485. The number of hydrogen-bond donors (Lipinski definition) is 0. The molecule has 6 nitrogen and oxygen atoms in total. The third-order valence-electron chi connectivity index (χ3n) is 3.88. The Balaban J connectivity index is 2.14. The summed E-state index contributed by atoms with van der Waals surface area (Å²) >= 11 is 5.76. The van der Waals surface area contributed by atoms with Gasteiger partial charge in [-0.1, -0.05) is 30.9 Å². The smallest absolute Gasteiger partial charge is 0.300 e. The van der Waals surface area contributed by atoms with Crippen molar-refractivity contribution >= 4 is 23.2 Å². The van der Waals surface area contributed by atoms with E-state index >= 15 is 0 Å². The molecule has 7 heteroatoms. The molecule has 114 valence electrons. The third kappa shape index (κ3) is 3.91. The second-order valence-corrected chi connectivity index (χ2v) is 5.86. The first kappa shape index (κ1) is 15.7. The van der Waals surface area contributed by atoms with Crippen molar-refractivity contribution in [3.05, 3.63) is 33.1 Å². The SMILES string of the molecule is CN(CC1CCCCC1)C(=O)c1cc(Cl)ncc1[N+](=O)[O-]. The van der Waals surface area contributed by atoms with Crippen molar-refractivity contribution in [3.63, 3.8) is 0 Å². The Bertz CT molecular complexity index is 544. The van der Waals surface area contributed by atoms with Gasteiger partial charge in [-0.05, 0) is 24.8 Å². The van der Waals surface area contributed by atoms with Crippen LogP contribution in [0.5, 0.6) is 0 Å². The van der Waals surface area contributed by atoms with Gasteiger partial charge in [0.25, 0.3) is 11.6 Å². The third-order valence-corrected chi connectivity index (χ3v) is 4.09. The molecule has 1 aromatic rings. The van der Waals surface area contributed by atoms with Crippen molar-refractivity contribution in [1.29, 1.82) is 0 Å². The van der Waals surface area contributed by atoms with Crippen molar-refractivity contribution in [3.8, 4) is 0 Å². The molecule has 0 radical (unpaired) electrons. The van der Waals surface area contributed by atoms with E-state index in [1.54, 1.807) is 11.9 Å². The summed E-state index contributed by atoms with van der Waals surface area (Å²) < 4.78 is 0. The zero-order chi connectivity index (χ0) is 15.4.